The van der Waals surface area contributed by atoms with Gasteiger partial charge in [-0.15, -0.1) is 0 Å². The summed E-state index contributed by atoms with van der Waals surface area (Å²) in [5.74, 6) is 0. The summed E-state index contributed by atoms with van der Waals surface area (Å²) in [5.41, 5.74) is 3.06. The molecule has 1 aliphatic heterocycles. The quantitative estimate of drug-likeness (QED) is 0.763. The summed E-state index contributed by atoms with van der Waals surface area (Å²) in [6.07, 6.45) is -2.07. The molecule has 5 heteroatoms. The fourth-order valence-electron chi connectivity index (χ4n) is 2.89. The predicted molar refractivity (Wildman–Crippen MR) is 93.0 cm³/mol. The summed E-state index contributed by atoms with van der Waals surface area (Å²) in [6, 6.07) is 15.9. The SMILES string of the molecule is O[C@@H]1CN(C[C@H](O)c2ccc(-c3ccc(Br)cc3)cc2)C[C@@H]1O. The summed E-state index contributed by atoms with van der Waals surface area (Å²) in [7, 11) is 0. The van der Waals surface area contributed by atoms with Crippen molar-refractivity contribution in [1.29, 1.82) is 0 Å². The van der Waals surface area contributed by atoms with Gasteiger partial charge in [-0.05, 0) is 28.8 Å². The Bertz CT molecular complexity index is 634. The van der Waals surface area contributed by atoms with Crippen molar-refractivity contribution in [2.24, 2.45) is 0 Å². The monoisotopic (exact) mass is 377 g/mol. The van der Waals surface area contributed by atoms with Crippen LogP contribution < -0.4 is 0 Å². The third-order valence-corrected chi connectivity index (χ3v) is 4.77. The summed E-state index contributed by atoms with van der Waals surface area (Å²) < 4.78 is 1.04. The number of halogens is 1. The lowest BCUT2D eigenvalue weighted by Gasteiger charge is -2.19. The second-order valence-corrected chi connectivity index (χ2v) is 6.91. The van der Waals surface area contributed by atoms with E-state index in [4.69, 9.17) is 0 Å². The lowest BCUT2D eigenvalue weighted by atomic mass is 10.0. The normalized spacial score (nSPS) is 23.1. The molecule has 0 saturated carbocycles. The number of benzene rings is 2. The van der Waals surface area contributed by atoms with Crippen LogP contribution in [0, 0.1) is 0 Å². The number of aliphatic hydroxyl groups excluding tert-OH is 3. The summed E-state index contributed by atoms with van der Waals surface area (Å²) in [6.45, 7) is 1.20. The molecular weight excluding hydrogens is 358 g/mol. The van der Waals surface area contributed by atoms with Crippen molar-refractivity contribution < 1.29 is 15.3 Å². The van der Waals surface area contributed by atoms with Crippen LogP contribution in [0.25, 0.3) is 11.1 Å². The maximum Gasteiger partial charge on any atom is 0.0938 e. The molecule has 0 spiro atoms. The van der Waals surface area contributed by atoms with E-state index >= 15 is 0 Å². The molecule has 0 aliphatic carbocycles. The standard InChI is InChI=1S/C18H20BrNO3/c19-15-7-5-13(6-8-15)12-1-3-14(4-2-12)16(21)9-20-10-17(22)18(23)11-20/h1-8,16-18,21-23H,9-11H2/t16-,17-,18+/m0/s1. The van der Waals surface area contributed by atoms with E-state index in [1.54, 1.807) is 0 Å². The van der Waals surface area contributed by atoms with Crippen molar-refractivity contribution in [1.82, 2.24) is 4.90 Å². The van der Waals surface area contributed by atoms with Crippen LogP contribution in [0.1, 0.15) is 11.7 Å². The van der Waals surface area contributed by atoms with Crippen molar-refractivity contribution in [2.45, 2.75) is 18.3 Å². The highest BCUT2D eigenvalue weighted by Crippen LogP contribution is 2.24. The number of rotatable bonds is 4. The predicted octanol–water partition coefficient (Wildman–Crippen LogP) is 2.19. The molecule has 0 radical (unpaired) electrons. The number of hydrogen-bond donors (Lipinski definition) is 3. The molecule has 122 valence electrons. The number of β-amino-alcohol motifs (C(OH)–C–C–N with tert-alkyl or cyclic N) is 3. The number of nitrogens with zero attached hydrogens (tertiary/aromatic N) is 1. The van der Waals surface area contributed by atoms with E-state index in [1.165, 1.54) is 0 Å². The second kappa shape index (κ2) is 7.11. The molecule has 0 bridgehead atoms. The lowest BCUT2D eigenvalue weighted by Crippen LogP contribution is -2.27. The third-order valence-electron chi connectivity index (χ3n) is 4.24. The minimum atomic E-state index is -0.720. The Labute approximate surface area is 144 Å². The van der Waals surface area contributed by atoms with Crippen LogP contribution in [-0.2, 0) is 0 Å². The molecule has 4 nitrogen and oxygen atoms in total. The lowest BCUT2D eigenvalue weighted by molar-refractivity contribution is 0.0572. The first-order chi connectivity index (χ1) is 11.0. The Morgan fingerprint density at radius 2 is 1.39 bits per heavy atom. The van der Waals surface area contributed by atoms with Gasteiger partial charge in [0.05, 0.1) is 18.3 Å². The van der Waals surface area contributed by atoms with E-state index in [0.29, 0.717) is 19.6 Å². The minimum absolute atomic E-state index is 0.398. The van der Waals surface area contributed by atoms with E-state index in [0.717, 1.165) is 21.2 Å². The van der Waals surface area contributed by atoms with E-state index in [9.17, 15) is 15.3 Å². The van der Waals surface area contributed by atoms with E-state index in [2.05, 4.69) is 15.9 Å². The van der Waals surface area contributed by atoms with Gasteiger partial charge in [0, 0.05) is 24.1 Å². The largest absolute Gasteiger partial charge is 0.389 e. The Hall–Kier alpha value is -1.24. The van der Waals surface area contributed by atoms with Gasteiger partial charge in [-0.1, -0.05) is 52.3 Å². The Kier molecular flexibility index (Phi) is 5.14. The molecule has 1 fully saturated rings. The van der Waals surface area contributed by atoms with Gasteiger partial charge in [0.1, 0.15) is 0 Å². The summed E-state index contributed by atoms with van der Waals surface area (Å²) in [5, 5.41) is 29.5. The van der Waals surface area contributed by atoms with Crippen LogP contribution in [0.5, 0.6) is 0 Å². The van der Waals surface area contributed by atoms with E-state index in [-0.39, 0.29) is 0 Å². The van der Waals surface area contributed by atoms with Gasteiger partial charge in [0.2, 0.25) is 0 Å². The molecule has 3 rings (SSSR count). The van der Waals surface area contributed by atoms with Gasteiger partial charge >= 0.3 is 0 Å². The van der Waals surface area contributed by atoms with Gasteiger partial charge in [0.25, 0.3) is 0 Å². The smallest absolute Gasteiger partial charge is 0.0938 e. The first-order valence-corrected chi connectivity index (χ1v) is 8.44. The highest BCUT2D eigenvalue weighted by atomic mass is 79.9. The van der Waals surface area contributed by atoms with E-state index in [1.807, 2.05) is 53.4 Å². The van der Waals surface area contributed by atoms with E-state index < -0.39 is 18.3 Å². The third kappa shape index (κ3) is 4.00. The first kappa shape index (κ1) is 16.6. The van der Waals surface area contributed by atoms with Crippen LogP contribution in [-0.4, -0.2) is 52.1 Å². The molecule has 23 heavy (non-hydrogen) atoms. The van der Waals surface area contributed by atoms with Gasteiger partial charge in [-0.25, -0.2) is 0 Å². The van der Waals surface area contributed by atoms with Crippen LogP contribution in [0.2, 0.25) is 0 Å². The fraction of sp³-hybridized carbons (Fsp3) is 0.333. The van der Waals surface area contributed by atoms with Crippen molar-refractivity contribution in [3.05, 3.63) is 58.6 Å². The van der Waals surface area contributed by atoms with Gasteiger partial charge < -0.3 is 15.3 Å². The molecule has 0 aromatic heterocycles. The van der Waals surface area contributed by atoms with Crippen molar-refractivity contribution >= 4 is 15.9 Å². The fourth-order valence-corrected chi connectivity index (χ4v) is 3.15. The maximum atomic E-state index is 10.3. The molecular formula is C18H20BrNO3. The van der Waals surface area contributed by atoms with Crippen LogP contribution in [0.3, 0.4) is 0 Å². The number of hydrogen-bond acceptors (Lipinski definition) is 4. The molecule has 2 aromatic carbocycles. The highest BCUT2D eigenvalue weighted by Gasteiger charge is 2.30. The Morgan fingerprint density at radius 1 is 0.913 bits per heavy atom. The molecule has 1 heterocycles. The molecule has 0 unspecified atom stereocenters. The summed E-state index contributed by atoms with van der Waals surface area (Å²) >= 11 is 3.43. The average molecular weight is 378 g/mol. The van der Waals surface area contributed by atoms with Crippen molar-refractivity contribution in [3.8, 4) is 11.1 Å². The zero-order chi connectivity index (χ0) is 16.4. The minimum Gasteiger partial charge on any atom is -0.389 e. The maximum absolute atomic E-state index is 10.3. The zero-order valence-electron chi connectivity index (χ0n) is 12.6. The van der Waals surface area contributed by atoms with Crippen molar-refractivity contribution in [3.63, 3.8) is 0 Å². The molecule has 3 atom stereocenters. The van der Waals surface area contributed by atoms with Crippen LogP contribution in [0.4, 0.5) is 0 Å². The second-order valence-electron chi connectivity index (χ2n) is 6.00. The number of likely N-dealkylation sites (tertiary alicyclic amines) is 1. The Morgan fingerprint density at radius 3 is 1.91 bits per heavy atom. The molecule has 0 amide bonds. The van der Waals surface area contributed by atoms with Gasteiger partial charge in [-0.3, -0.25) is 4.90 Å². The van der Waals surface area contributed by atoms with Crippen LogP contribution in [0.15, 0.2) is 53.0 Å². The zero-order valence-corrected chi connectivity index (χ0v) is 14.2. The Balaban J connectivity index is 1.66. The highest BCUT2D eigenvalue weighted by molar-refractivity contribution is 9.10. The topological polar surface area (TPSA) is 63.9 Å². The van der Waals surface area contributed by atoms with Gasteiger partial charge in [-0.2, -0.15) is 0 Å². The molecule has 1 aliphatic rings. The van der Waals surface area contributed by atoms with Gasteiger partial charge in [0.15, 0.2) is 0 Å². The molecule has 3 N–H and O–H groups in total. The summed E-state index contributed by atoms with van der Waals surface area (Å²) in [4.78, 5) is 1.88. The van der Waals surface area contributed by atoms with Crippen molar-refractivity contribution in [2.75, 3.05) is 19.6 Å². The first-order valence-electron chi connectivity index (χ1n) is 7.65. The molecule has 2 aromatic rings. The number of aliphatic hydroxyl groups is 3. The van der Waals surface area contributed by atoms with Crippen LogP contribution >= 0.6 is 15.9 Å². The average Bonchev–Trinajstić information content (AvgIpc) is 2.86. The molecule has 1 saturated heterocycles.